The Hall–Kier alpha value is -1.91. The van der Waals surface area contributed by atoms with Gasteiger partial charge in [-0.15, -0.1) is 5.10 Å². The summed E-state index contributed by atoms with van der Waals surface area (Å²) in [6, 6.07) is 13.0. The summed E-state index contributed by atoms with van der Waals surface area (Å²) in [7, 11) is 0. The number of aliphatic hydroxyl groups excluding tert-OH is 1. The number of aromatic nitrogens is 3. The first-order valence-corrected chi connectivity index (χ1v) is 5.87. The molecule has 0 spiro atoms. The molecule has 1 heterocycles. The van der Waals surface area contributed by atoms with Crippen LogP contribution in [0.4, 0.5) is 0 Å². The second kappa shape index (κ2) is 4.40. The van der Waals surface area contributed by atoms with Crippen molar-refractivity contribution in [1.82, 2.24) is 15.0 Å². The summed E-state index contributed by atoms with van der Waals surface area (Å²) in [6.07, 6.45) is 0. The largest absolute Gasteiger partial charge is 0.392 e. The van der Waals surface area contributed by atoms with Crippen molar-refractivity contribution in [2.24, 2.45) is 0 Å². The molecule has 90 valence electrons. The molecule has 1 N–H and O–H groups in total. The van der Waals surface area contributed by atoms with Crippen molar-refractivity contribution >= 4 is 22.6 Å². The highest BCUT2D eigenvalue weighted by Gasteiger charge is 2.10. The van der Waals surface area contributed by atoms with Crippen LogP contribution in [0.5, 0.6) is 0 Å². The van der Waals surface area contributed by atoms with Gasteiger partial charge in [0.1, 0.15) is 5.52 Å². The second-order valence-corrected chi connectivity index (χ2v) is 4.36. The van der Waals surface area contributed by atoms with Crippen LogP contribution >= 0.6 is 11.6 Å². The fourth-order valence-corrected chi connectivity index (χ4v) is 2.13. The van der Waals surface area contributed by atoms with E-state index in [1.807, 2.05) is 30.3 Å². The van der Waals surface area contributed by atoms with Crippen LogP contribution < -0.4 is 0 Å². The van der Waals surface area contributed by atoms with Gasteiger partial charge in [-0.1, -0.05) is 28.9 Å². The van der Waals surface area contributed by atoms with Crippen LogP contribution in [0.25, 0.3) is 16.7 Å². The Morgan fingerprint density at radius 3 is 2.83 bits per heavy atom. The Balaban J connectivity index is 2.26. The number of hydrogen-bond acceptors (Lipinski definition) is 3. The highest BCUT2D eigenvalue weighted by Crippen LogP contribution is 2.22. The molecule has 5 heteroatoms. The van der Waals surface area contributed by atoms with Gasteiger partial charge in [-0.2, -0.15) is 0 Å². The Kier molecular flexibility index (Phi) is 2.74. The summed E-state index contributed by atoms with van der Waals surface area (Å²) in [5, 5.41) is 18.2. The molecule has 3 aromatic rings. The highest BCUT2D eigenvalue weighted by molar-refractivity contribution is 6.30. The summed E-state index contributed by atoms with van der Waals surface area (Å²) in [6.45, 7) is -0.0932. The fraction of sp³-hybridized carbons (Fsp3) is 0.0769. The lowest BCUT2D eigenvalue weighted by molar-refractivity contribution is 0.281. The highest BCUT2D eigenvalue weighted by atomic mass is 35.5. The molecule has 0 aliphatic carbocycles. The Morgan fingerprint density at radius 1 is 1.17 bits per heavy atom. The first-order chi connectivity index (χ1) is 8.79. The number of rotatable bonds is 2. The first kappa shape index (κ1) is 11.2. The van der Waals surface area contributed by atoms with Crippen molar-refractivity contribution in [1.29, 1.82) is 0 Å². The van der Waals surface area contributed by atoms with Gasteiger partial charge >= 0.3 is 0 Å². The monoisotopic (exact) mass is 259 g/mol. The van der Waals surface area contributed by atoms with Crippen LogP contribution in [0.2, 0.25) is 5.02 Å². The van der Waals surface area contributed by atoms with Gasteiger partial charge in [0, 0.05) is 10.6 Å². The van der Waals surface area contributed by atoms with E-state index in [2.05, 4.69) is 10.3 Å². The number of benzene rings is 2. The second-order valence-electron chi connectivity index (χ2n) is 3.92. The van der Waals surface area contributed by atoms with E-state index in [9.17, 15) is 5.11 Å². The third-order valence-electron chi connectivity index (χ3n) is 2.79. The van der Waals surface area contributed by atoms with Crippen molar-refractivity contribution in [2.45, 2.75) is 6.61 Å². The maximum atomic E-state index is 9.39. The van der Waals surface area contributed by atoms with E-state index in [1.165, 1.54) is 0 Å². The third kappa shape index (κ3) is 1.75. The molecule has 0 saturated carbocycles. The standard InChI is InChI=1S/C13H10ClN3O/c14-10-5-6-12(9(7-10)8-18)17-13-4-2-1-3-11(13)15-16-17/h1-7,18H,8H2. The number of aliphatic hydroxyl groups is 1. The molecule has 0 aliphatic heterocycles. The lowest BCUT2D eigenvalue weighted by Crippen LogP contribution is -2.01. The maximum Gasteiger partial charge on any atom is 0.113 e. The molecule has 2 aromatic carbocycles. The summed E-state index contributed by atoms with van der Waals surface area (Å²) in [4.78, 5) is 0. The average Bonchev–Trinajstić information content (AvgIpc) is 2.82. The van der Waals surface area contributed by atoms with E-state index in [0.717, 1.165) is 22.3 Å². The van der Waals surface area contributed by atoms with E-state index in [1.54, 1.807) is 16.8 Å². The minimum atomic E-state index is -0.0932. The zero-order valence-electron chi connectivity index (χ0n) is 9.42. The quantitative estimate of drug-likeness (QED) is 0.770. The van der Waals surface area contributed by atoms with Crippen LogP contribution in [0, 0.1) is 0 Å². The molecule has 1 aromatic heterocycles. The van der Waals surface area contributed by atoms with E-state index in [0.29, 0.717) is 5.02 Å². The molecule has 0 atom stereocenters. The third-order valence-corrected chi connectivity index (χ3v) is 3.03. The fourth-order valence-electron chi connectivity index (χ4n) is 1.93. The van der Waals surface area contributed by atoms with Gasteiger partial charge in [0.2, 0.25) is 0 Å². The maximum absolute atomic E-state index is 9.39. The molecule has 4 nitrogen and oxygen atoms in total. The summed E-state index contributed by atoms with van der Waals surface area (Å²) < 4.78 is 1.71. The molecular weight excluding hydrogens is 250 g/mol. The van der Waals surface area contributed by atoms with Crippen LogP contribution in [-0.2, 0) is 6.61 Å². The molecule has 0 radical (unpaired) electrons. The number of nitrogens with zero attached hydrogens (tertiary/aromatic N) is 3. The van der Waals surface area contributed by atoms with Gasteiger partial charge < -0.3 is 5.11 Å². The van der Waals surface area contributed by atoms with E-state index < -0.39 is 0 Å². The lowest BCUT2D eigenvalue weighted by atomic mass is 10.2. The summed E-state index contributed by atoms with van der Waals surface area (Å²) >= 11 is 5.92. The molecule has 0 aliphatic rings. The Bertz CT molecular complexity index is 708. The van der Waals surface area contributed by atoms with E-state index >= 15 is 0 Å². The molecule has 0 fully saturated rings. The zero-order chi connectivity index (χ0) is 12.5. The van der Waals surface area contributed by atoms with E-state index in [4.69, 9.17) is 11.6 Å². The molecule has 0 amide bonds. The molecule has 3 rings (SSSR count). The van der Waals surface area contributed by atoms with E-state index in [-0.39, 0.29) is 6.61 Å². The van der Waals surface area contributed by atoms with Crippen molar-refractivity contribution in [2.75, 3.05) is 0 Å². The van der Waals surface area contributed by atoms with Gasteiger partial charge in [0.05, 0.1) is 17.8 Å². The zero-order valence-corrected chi connectivity index (χ0v) is 10.2. The predicted molar refractivity (Wildman–Crippen MR) is 69.8 cm³/mol. The molecular formula is C13H10ClN3O. The minimum absolute atomic E-state index is 0.0932. The number of para-hydroxylation sites is 1. The van der Waals surface area contributed by atoms with Crippen molar-refractivity contribution in [3.63, 3.8) is 0 Å². The van der Waals surface area contributed by atoms with Crippen molar-refractivity contribution < 1.29 is 5.11 Å². The smallest absolute Gasteiger partial charge is 0.113 e. The summed E-state index contributed by atoms with van der Waals surface area (Å²) in [5.74, 6) is 0. The first-order valence-electron chi connectivity index (χ1n) is 5.49. The normalized spacial score (nSPS) is 11.0. The molecule has 0 bridgehead atoms. The van der Waals surface area contributed by atoms with Gasteiger partial charge in [0.25, 0.3) is 0 Å². The minimum Gasteiger partial charge on any atom is -0.392 e. The van der Waals surface area contributed by atoms with Crippen LogP contribution in [0.3, 0.4) is 0 Å². The number of hydrogen-bond donors (Lipinski definition) is 1. The Morgan fingerprint density at radius 2 is 2.00 bits per heavy atom. The topological polar surface area (TPSA) is 50.9 Å². The van der Waals surface area contributed by atoms with Crippen molar-refractivity contribution in [3.05, 3.63) is 53.1 Å². The van der Waals surface area contributed by atoms with Crippen LogP contribution in [0.1, 0.15) is 5.56 Å². The SMILES string of the molecule is OCc1cc(Cl)ccc1-n1nnc2ccccc21. The number of fused-ring (bicyclic) bond motifs is 1. The van der Waals surface area contributed by atoms with Gasteiger partial charge in [-0.25, -0.2) is 4.68 Å². The number of halogens is 1. The van der Waals surface area contributed by atoms with Crippen molar-refractivity contribution in [3.8, 4) is 5.69 Å². The van der Waals surface area contributed by atoms with Crippen LogP contribution in [0.15, 0.2) is 42.5 Å². The van der Waals surface area contributed by atoms with Crippen LogP contribution in [-0.4, -0.2) is 20.1 Å². The average molecular weight is 260 g/mol. The summed E-state index contributed by atoms with van der Waals surface area (Å²) in [5.41, 5.74) is 3.22. The van der Waals surface area contributed by atoms with Gasteiger partial charge in [0.15, 0.2) is 0 Å². The lowest BCUT2D eigenvalue weighted by Gasteiger charge is -2.08. The molecule has 0 saturated heterocycles. The van der Waals surface area contributed by atoms with Gasteiger partial charge in [-0.05, 0) is 30.3 Å². The molecule has 18 heavy (non-hydrogen) atoms. The van der Waals surface area contributed by atoms with Gasteiger partial charge in [-0.3, -0.25) is 0 Å². The Labute approximate surface area is 108 Å². The molecule has 0 unspecified atom stereocenters. The predicted octanol–water partition coefficient (Wildman–Crippen LogP) is 2.57.